The highest BCUT2D eigenvalue weighted by Crippen LogP contribution is 2.37. The summed E-state index contributed by atoms with van der Waals surface area (Å²) in [6.45, 7) is 4.68. The monoisotopic (exact) mass is 309 g/mol. The second kappa shape index (κ2) is 6.32. The van der Waals surface area contributed by atoms with Gasteiger partial charge in [0, 0.05) is 18.2 Å². The molecule has 5 heteroatoms. The normalized spacial score (nSPS) is 15.5. The quantitative estimate of drug-likeness (QED) is 0.653. The third-order valence-corrected chi connectivity index (χ3v) is 4.02. The van der Waals surface area contributed by atoms with E-state index in [-0.39, 0.29) is 0 Å². The molecular weight excluding hydrogens is 286 g/mol. The summed E-state index contributed by atoms with van der Waals surface area (Å²) in [7, 11) is 2.01. The Kier molecular flexibility index (Phi) is 4.23. The van der Waals surface area contributed by atoms with Crippen molar-refractivity contribution in [2.24, 2.45) is 5.84 Å². The first-order valence-corrected chi connectivity index (χ1v) is 7.95. The Morgan fingerprint density at radius 2 is 1.61 bits per heavy atom. The molecule has 5 nitrogen and oxygen atoms in total. The molecule has 0 unspecified atom stereocenters. The predicted octanol–water partition coefficient (Wildman–Crippen LogP) is 2.69. The molecule has 4 N–H and O–H groups in total. The van der Waals surface area contributed by atoms with Crippen LogP contribution in [-0.2, 0) is 6.54 Å². The van der Waals surface area contributed by atoms with E-state index >= 15 is 0 Å². The van der Waals surface area contributed by atoms with Crippen molar-refractivity contribution in [3.05, 3.63) is 65.2 Å². The number of anilines is 1. The Hall–Kier alpha value is -2.50. The molecule has 0 amide bonds. The fraction of sp³-hybridized carbons (Fsp3) is 0.222. The summed E-state index contributed by atoms with van der Waals surface area (Å²) in [5.74, 6) is 6.30. The van der Waals surface area contributed by atoms with E-state index < -0.39 is 0 Å². The van der Waals surface area contributed by atoms with Crippen LogP contribution in [0, 0.1) is 0 Å². The molecule has 2 aromatic rings. The van der Waals surface area contributed by atoms with Crippen LogP contribution in [0.15, 0.2) is 48.5 Å². The van der Waals surface area contributed by atoms with Crippen LogP contribution in [0.1, 0.15) is 30.5 Å². The van der Waals surface area contributed by atoms with Crippen LogP contribution in [0.2, 0.25) is 0 Å². The van der Waals surface area contributed by atoms with Crippen molar-refractivity contribution in [2.45, 2.75) is 20.4 Å². The topological polar surface area (TPSA) is 56.6 Å². The molecule has 0 saturated carbocycles. The number of hydrogen-bond acceptors (Lipinski definition) is 5. The van der Waals surface area contributed by atoms with Gasteiger partial charge < -0.3 is 10.4 Å². The number of fused-ring (bicyclic) bond motifs is 4. The molecule has 120 valence electrons. The molecule has 0 radical (unpaired) electrons. The van der Waals surface area contributed by atoms with Gasteiger partial charge in [0.05, 0.1) is 23.6 Å². The van der Waals surface area contributed by atoms with Crippen LogP contribution >= 0.6 is 0 Å². The second-order valence-corrected chi connectivity index (χ2v) is 5.32. The van der Waals surface area contributed by atoms with Gasteiger partial charge in [0.1, 0.15) is 0 Å². The van der Waals surface area contributed by atoms with Gasteiger partial charge in [-0.05, 0) is 11.6 Å². The molecule has 0 fully saturated rings. The number of hydrazine groups is 3. The highest BCUT2D eigenvalue weighted by atomic mass is 15.7. The van der Waals surface area contributed by atoms with Crippen molar-refractivity contribution in [3.8, 4) is 0 Å². The minimum atomic E-state index is 0.678. The van der Waals surface area contributed by atoms with E-state index in [1.54, 1.807) is 5.01 Å². The van der Waals surface area contributed by atoms with E-state index in [4.69, 9.17) is 5.84 Å². The predicted molar refractivity (Wildman–Crippen MR) is 95.5 cm³/mol. The minimum Gasteiger partial charge on any atom is -0.306 e. The Labute approximate surface area is 137 Å². The molecule has 2 aromatic carbocycles. The highest BCUT2D eigenvalue weighted by molar-refractivity contribution is 5.95. The van der Waals surface area contributed by atoms with Gasteiger partial charge in [0.15, 0.2) is 0 Å². The summed E-state index contributed by atoms with van der Waals surface area (Å²) < 4.78 is 0. The fourth-order valence-corrected chi connectivity index (χ4v) is 3.03. The molecule has 0 atom stereocenters. The van der Waals surface area contributed by atoms with E-state index in [9.17, 15) is 0 Å². The molecule has 4 rings (SSSR count). The van der Waals surface area contributed by atoms with Crippen LogP contribution in [0.5, 0.6) is 0 Å². The zero-order valence-corrected chi connectivity index (χ0v) is 13.8. The highest BCUT2D eigenvalue weighted by Gasteiger charge is 2.28. The van der Waals surface area contributed by atoms with Gasteiger partial charge in [-0.25, -0.2) is 5.84 Å². The van der Waals surface area contributed by atoms with E-state index in [2.05, 4.69) is 41.3 Å². The summed E-state index contributed by atoms with van der Waals surface area (Å²) in [5.41, 5.74) is 13.1. The largest absolute Gasteiger partial charge is 0.306 e. The molecule has 2 aliphatic heterocycles. The van der Waals surface area contributed by atoms with E-state index in [0.29, 0.717) is 6.54 Å². The lowest BCUT2D eigenvalue weighted by molar-refractivity contribution is 0.345. The van der Waals surface area contributed by atoms with Gasteiger partial charge in [0.25, 0.3) is 0 Å². The lowest BCUT2D eigenvalue weighted by Crippen LogP contribution is -2.34. The average molecular weight is 309 g/mol. The van der Waals surface area contributed by atoms with Crippen molar-refractivity contribution in [1.82, 2.24) is 16.0 Å². The Morgan fingerprint density at radius 1 is 0.957 bits per heavy atom. The van der Waals surface area contributed by atoms with Crippen molar-refractivity contribution >= 4 is 17.1 Å². The molecule has 0 aliphatic carbocycles. The Bertz CT molecular complexity index is 738. The molecule has 0 saturated heterocycles. The third-order valence-electron chi connectivity index (χ3n) is 4.02. The van der Waals surface area contributed by atoms with E-state index in [1.807, 2.05) is 44.1 Å². The first-order chi connectivity index (χ1) is 11.3. The summed E-state index contributed by atoms with van der Waals surface area (Å²) in [6, 6.07) is 16.6. The summed E-state index contributed by atoms with van der Waals surface area (Å²) in [4.78, 5) is 0. The smallest absolute Gasteiger partial charge is 0.0862 e. The number of nitrogens with two attached hydrogens (primary N) is 1. The molecule has 2 heterocycles. The van der Waals surface area contributed by atoms with E-state index in [0.717, 1.165) is 22.6 Å². The van der Waals surface area contributed by atoms with Crippen LogP contribution in [0.3, 0.4) is 0 Å². The molecule has 0 spiro atoms. The second-order valence-electron chi connectivity index (χ2n) is 5.32. The maximum Gasteiger partial charge on any atom is 0.0862 e. The first-order valence-electron chi connectivity index (χ1n) is 7.95. The van der Waals surface area contributed by atoms with Crippen LogP contribution in [-0.4, -0.2) is 12.1 Å². The molecular formula is C18H23N5. The number of nitrogens with one attached hydrogen (secondary N) is 2. The summed E-state index contributed by atoms with van der Waals surface area (Å²) in [6.07, 6.45) is 0. The first kappa shape index (κ1) is 15.4. The van der Waals surface area contributed by atoms with Crippen LogP contribution < -0.4 is 21.8 Å². The number of nitrogens with zero attached hydrogens (tertiary/aromatic N) is 2. The van der Waals surface area contributed by atoms with Crippen molar-refractivity contribution in [1.29, 1.82) is 0 Å². The summed E-state index contributed by atoms with van der Waals surface area (Å²) >= 11 is 0. The van der Waals surface area contributed by atoms with Gasteiger partial charge in [0.2, 0.25) is 0 Å². The Morgan fingerprint density at radius 3 is 2.39 bits per heavy atom. The minimum absolute atomic E-state index is 0.678. The SMILES string of the molecule is CC.CN1NNC2=C1c1ccccc1CN(N)c1ccccc12. The fourth-order valence-electron chi connectivity index (χ4n) is 3.03. The van der Waals surface area contributed by atoms with Gasteiger partial charge >= 0.3 is 0 Å². The maximum atomic E-state index is 6.30. The third kappa shape index (κ3) is 2.54. The van der Waals surface area contributed by atoms with Crippen LogP contribution in [0.25, 0.3) is 11.4 Å². The van der Waals surface area contributed by atoms with E-state index in [1.165, 1.54) is 11.1 Å². The van der Waals surface area contributed by atoms with Crippen LogP contribution in [0.4, 0.5) is 5.69 Å². The number of hydrogen-bond donors (Lipinski definition) is 3. The van der Waals surface area contributed by atoms with Gasteiger partial charge in [-0.15, -0.1) is 5.53 Å². The van der Waals surface area contributed by atoms with Gasteiger partial charge in [-0.1, -0.05) is 56.3 Å². The maximum absolute atomic E-state index is 6.30. The zero-order chi connectivity index (χ0) is 16.4. The lowest BCUT2D eigenvalue weighted by Gasteiger charge is -2.27. The lowest BCUT2D eigenvalue weighted by atomic mass is 9.97. The number of para-hydroxylation sites is 1. The summed E-state index contributed by atoms with van der Waals surface area (Å²) in [5, 5.41) is 3.81. The molecule has 0 aromatic heterocycles. The number of rotatable bonds is 0. The van der Waals surface area contributed by atoms with Gasteiger partial charge in [-0.2, -0.15) is 0 Å². The average Bonchev–Trinajstić information content (AvgIpc) is 2.97. The van der Waals surface area contributed by atoms with Crippen molar-refractivity contribution < 1.29 is 0 Å². The molecule has 0 bridgehead atoms. The zero-order valence-electron chi connectivity index (χ0n) is 13.8. The van der Waals surface area contributed by atoms with Gasteiger partial charge in [-0.3, -0.25) is 5.01 Å². The van der Waals surface area contributed by atoms with Crippen molar-refractivity contribution in [3.63, 3.8) is 0 Å². The Balaban J connectivity index is 0.000000753. The van der Waals surface area contributed by atoms with Crippen molar-refractivity contribution in [2.75, 3.05) is 12.1 Å². The standard InChI is InChI=1S/C16H17N5.C2H6/c1-20-16-12-7-3-2-6-11(12)10-21(17)14-9-5-4-8-13(14)15(16)18-19-20;1-2/h2-9,18-19H,10,17H2,1H3;1-2H3. The molecule has 2 aliphatic rings. The number of benzene rings is 2. The molecule has 23 heavy (non-hydrogen) atoms.